The summed E-state index contributed by atoms with van der Waals surface area (Å²) in [7, 11) is 0. The van der Waals surface area contributed by atoms with Crippen molar-refractivity contribution >= 4 is 41.4 Å². The van der Waals surface area contributed by atoms with E-state index in [1.54, 1.807) is 0 Å². The number of rotatable bonds is 52. The Bertz CT molecular complexity index is 1290. The average Bonchev–Trinajstić information content (AvgIpc) is 3.28. The third-order valence-electron chi connectivity index (χ3n) is 9.90. The van der Waals surface area contributed by atoms with Gasteiger partial charge >= 0.3 is 17.9 Å². The lowest BCUT2D eigenvalue weighted by Crippen LogP contribution is -2.41. The molecule has 0 aromatic rings. The third kappa shape index (κ3) is 47.0. The Labute approximate surface area is 396 Å². The molecule has 2 atom stereocenters. The summed E-state index contributed by atoms with van der Waals surface area (Å²) in [6.45, 7) is 8.49. The van der Waals surface area contributed by atoms with Gasteiger partial charge in [0.2, 0.25) is 17.7 Å². The fourth-order valence-electron chi connectivity index (χ4n) is 6.14. The predicted octanol–water partition coefficient (Wildman–Crippen LogP) is 3.46. The number of aliphatic carboxylic acids is 3. The van der Waals surface area contributed by atoms with E-state index in [1.807, 2.05) is 0 Å². The summed E-state index contributed by atoms with van der Waals surface area (Å²) in [6, 6.07) is -2.33. The van der Waals surface area contributed by atoms with Gasteiger partial charge in [0.15, 0.2) is 0 Å². The van der Waals surface area contributed by atoms with Crippen molar-refractivity contribution in [1.82, 2.24) is 16.0 Å². The monoisotopic (exact) mass is 966 g/mol. The molecule has 3 amide bonds. The number of hydrogen-bond donors (Lipinski definition) is 6. The van der Waals surface area contributed by atoms with Crippen LogP contribution in [0.1, 0.15) is 129 Å². The van der Waals surface area contributed by atoms with Gasteiger partial charge in [0.25, 0.3) is 0 Å². The van der Waals surface area contributed by atoms with Crippen LogP contribution in [-0.2, 0) is 71.5 Å². The number of Topliss-reactive ketones (excluding diaryl/α,β-unsaturated/α-hetero) is 1. The van der Waals surface area contributed by atoms with E-state index in [9.17, 15) is 38.7 Å². The van der Waals surface area contributed by atoms with Gasteiger partial charge in [-0.1, -0.05) is 64.2 Å². The summed E-state index contributed by atoms with van der Waals surface area (Å²) in [4.78, 5) is 80.9. The minimum Gasteiger partial charge on any atom is -0.481 e. The van der Waals surface area contributed by atoms with Crippen LogP contribution in [-0.4, -0.2) is 181 Å². The second-order valence-corrected chi connectivity index (χ2v) is 15.8. The van der Waals surface area contributed by atoms with Crippen LogP contribution in [0.5, 0.6) is 0 Å². The molecule has 0 fully saturated rings. The van der Waals surface area contributed by atoms with E-state index in [-0.39, 0.29) is 75.2 Å². The Morgan fingerprint density at radius 3 is 0.970 bits per heavy atom. The van der Waals surface area contributed by atoms with Crippen LogP contribution in [0, 0.1) is 0 Å². The smallest absolute Gasteiger partial charge is 0.326 e. The van der Waals surface area contributed by atoms with Gasteiger partial charge in [0.05, 0.1) is 106 Å². The molecular weight excluding hydrogens is 883 g/mol. The van der Waals surface area contributed by atoms with Gasteiger partial charge in [-0.05, 0) is 32.6 Å². The maximum atomic E-state index is 12.4. The van der Waals surface area contributed by atoms with Crippen LogP contribution in [0.2, 0.25) is 0 Å². The molecule has 0 saturated carbocycles. The lowest BCUT2D eigenvalue weighted by Gasteiger charge is -2.14. The van der Waals surface area contributed by atoms with Crippen molar-refractivity contribution in [1.29, 1.82) is 0 Å². The van der Waals surface area contributed by atoms with E-state index >= 15 is 0 Å². The average molecular weight is 966 g/mol. The molecule has 0 heterocycles. The van der Waals surface area contributed by atoms with Crippen LogP contribution >= 0.6 is 0 Å². The molecule has 67 heavy (non-hydrogen) atoms. The fraction of sp³-hybridized carbons (Fsp3) is 0.848. The molecule has 0 spiro atoms. The van der Waals surface area contributed by atoms with E-state index in [0.29, 0.717) is 118 Å². The molecule has 0 radical (unpaired) electrons. The zero-order valence-electron chi connectivity index (χ0n) is 40.1. The number of ether oxygens (including phenoxy) is 8. The number of nitrogens with one attached hydrogen (secondary N) is 3. The number of hydrogen-bond acceptors (Lipinski definition) is 15. The molecule has 2 unspecified atom stereocenters. The van der Waals surface area contributed by atoms with Crippen LogP contribution < -0.4 is 16.0 Å². The second-order valence-electron chi connectivity index (χ2n) is 15.8. The Morgan fingerprint density at radius 2 is 0.657 bits per heavy atom. The number of carboxylic acids is 3. The largest absolute Gasteiger partial charge is 0.481 e. The van der Waals surface area contributed by atoms with Crippen molar-refractivity contribution in [2.75, 3.05) is 112 Å². The number of carbonyl (C=O) groups is 7. The van der Waals surface area contributed by atoms with E-state index in [1.165, 1.54) is 6.92 Å². The molecule has 0 bridgehead atoms. The van der Waals surface area contributed by atoms with Gasteiger partial charge in [-0.2, -0.15) is 0 Å². The molecule has 0 aromatic heterocycles. The van der Waals surface area contributed by atoms with Crippen molar-refractivity contribution in [3.05, 3.63) is 0 Å². The van der Waals surface area contributed by atoms with Crippen molar-refractivity contribution < 1.29 is 86.8 Å². The van der Waals surface area contributed by atoms with Gasteiger partial charge in [-0.3, -0.25) is 24.0 Å². The van der Waals surface area contributed by atoms with E-state index in [2.05, 4.69) is 16.0 Å². The summed E-state index contributed by atoms with van der Waals surface area (Å²) in [5, 5.41) is 35.0. The molecule has 0 aromatic carbocycles. The Morgan fingerprint density at radius 1 is 0.358 bits per heavy atom. The quantitative estimate of drug-likeness (QED) is 0.0476. The Kier molecular flexibility index (Phi) is 44.5. The summed E-state index contributed by atoms with van der Waals surface area (Å²) in [6.07, 6.45) is 11.9. The summed E-state index contributed by atoms with van der Waals surface area (Å²) >= 11 is 0. The highest BCUT2D eigenvalue weighted by Gasteiger charge is 2.22. The zero-order chi connectivity index (χ0) is 49.4. The molecule has 0 aliphatic carbocycles. The maximum Gasteiger partial charge on any atom is 0.326 e. The summed E-state index contributed by atoms with van der Waals surface area (Å²) in [5.41, 5.74) is 0. The van der Waals surface area contributed by atoms with Crippen LogP contribution in [0.25, 0.3) is 0 Å². The number of ketones is 1. The lowest BCUT2D eigenvalue weighted by molar-refractivity contribution is -0.143. The predicted molar refractivity (Wildman–Crippen MR) is 245 cm³/mol. The first-order valence-electron chi connectivity index (χ1n) is 24.1. The number of carboxylic acid groups (broad SMARTS) is 3. The minimum atomic E-state index is -1.24. The maximum absolute atomic E-state index is 12.4. The number of unbranched alkanes of at least 4 members (excludes halogenated alkanes) is 11. The highest BCUT2D eigenvalue weighted by atomic mass is 16.6. The van der Waals surface area contributed by atoms with Gasteiger partial charge in [0.1, 0.15) is 17.9 Å². The Balaban J connectivity index is 3.58. The molecule has 0 aliphatic rings. The van der Waals surface area contributed by atoms with Crippen molar-refractivity contribution in [3.63, 3.8) is 0 Å². The van der Waals surface area contributed by atoms with Gasteiger partial charge in [-0.25, -0.2) is 9.59 Å². The molecule has 21 heteroatoms. The molecule has 0 aliphatic heterocycles. The zero-order valence-corrected chi connectivity index (χ0v) is 40.1. The van der Waals surface area contributed by atoms with E-state index in [0.717, 1.165) is 64.2 Å². The van der Waals surface area contributed by atoms with Crippen molar-refractivity contribution in [2.45, 2.75) is 141 Å². The molecule has 0 saturated heterocycles. The normalized spacial score (nSPS) is 12.1. The van der Waals surface area contributed by atoms with E-state index < -0.39 is 30.0 Å². The van der Waals surface area contributed by atoms with Gasteiger partial charge in [0, 0.05) is 38.6 Å². The molecule has 0 rings (SSSR count). The fourth-order valence-corrected chi connectivity index (χ4v) is 6.14. The van der Waals surface area contributed by atoms with Crippen LogP contribution in [0.4, 0.5) is 0 Å². The highest BCUT2D eigenvalue weighted by Crippen LogP contribution is 2.13. The van der Waals surface area contributed by atoms with E-state index in [4.69, 9.17) is 48.1 Å². The topological polar surface area (TPSA) is 290 Å². The molecular formula is C46H83N3O18. The minimum absolute atomic E-state index is 0.0219. The first kappa shape index (κ1) is 63.2. The first-order chi connectivity index (χ1) is 32.4. The first-order valence-corrected chi connectivity index (χ1v) is 24.1. The third-order valence-corrected chi connectivity index (χ3v) is 9.90. The SMILES string of the molecule is CC(=O)CCOCCOCCOCCOCCOCCOCCOCCOCCNC(=O)CCC(NC(=O)CCCCCCCCCCCCCCC(=O)NC(CCC(=O)O)C(=O)O)C(=O)O. The van der Waals surface area contributed by atoms with Crippen LogP contribution in [0.3, 0.4) is 0 Å². The number of amides is 3. The van der Waals surface area contributed by atoms with Crippen molar-refractivity contribution in [2.24, 2.45) is 0 Å². The van der Waals surface area contributed by atoms with Gasteiger partial charge in [-0.15, -0.1) is 0 Å². The molecule has 6 N–H and O–H groups in total. The molecule has 390 valence electrons. The summed E-state index contributed by atoms with van der Waals surface area (Å²) < 4.78 is 43.4. The standard InChI is InChI=1S/C46H83N3O18/c1-38(50)20-22-60-24-26-62-28-30-64-32-34-66-36-37-67-35-33-65-31-29-63-27-25-61-23-21-47-41(51)18-16-39(45(56)57)48-42(52)14-12-10-8-6-4-2-3-5-7-9-11-13-15-43(53)49-40(46(58)59)17-19-44(54)55/h39-40H,2-37H2,1H3,(H,47,51)(H,48,52)(H,49,53)(H,54,55)(H,56,57)(H,58,59). The van der Waals surface area contributed by atoms with Crippen LogP contribution in [0.15, 0.2) is 0 Å². The Hall–Kier alpha value is -3.83. The second kappa shape index (κ2) is 47.2. The highest BCUT2D eigenvalue weighted by molar-refractivity contribution is 5.85. The summed E-state index contributed by atoms with van der Waals surface area (Å²) in [5.74, 6) is -4.48. The van der Waals surface area contributed by atoms with Gasteiger partial charge < -0.3 is 69.2 Å². The molecule has 21 nitrogen and oxygen atoms in total. The number of carbonyl (C=O) groups excluding carboxylic acids is 4. The lowest BCUT2D eigenvalue weighted by atomic mass is 10.0. The van der Waals surface area contributed by atoms with Crippen molar-refractivity contribution in [3.8, 4) is 0 Å².